The highest BCUT2D eigenvalue weighted by Crippen LogP contribution is 2.29. The zero-order chi connectivity index (χ0) is 19.6. The van der Waals surface area contributed by atoms with Gasteiger partial charge in [0.05, 0.1) is 17.2 Å². The monoisotopic (exact) mass is 392 g/mol. The molecule has 2 aliphatic heterocycles. The number of hydrogen-bond acceptors (Lipinski definition) is 5. The average molecular weight is 393 g/mol. The predicted octanol–water partition coefficient (Wildman–Crippen LogP) is 2.77. The summed E-state index contributed by atoms with van der Waals surface area (Å²) in [5.74, 6) is 0. The molecule has 7 heteroatoms. The highest BCUT2D eigenvalue weighted by atomic mass is 16.1. The summed E-state index contributed by atoms with van der Waals surface area (Å²) in [6.07, 6.45) is 11.7. The van der Waals surface area contributed by atoms with Gasteiger partial charge in [-0.3, -0.25) is 14.4 Å². The van der Waals surface area contributed by atoms with Crippen molar-refractivity contribution in [1.29, 1.82) is 0 Å². The van der Waals surface area contributed by atoms with Crippen molar-refractivity contribution >= 4 is 11.0 Å². The van der Waals surface area contributed by atoms with E-state index in [1.54, 1.807) is 6.33 Å². The van der Waals surface area contributed by atoms with Crippen LogP contribution < -0.4 is 5.69 Å². The summed E-state index contributed by atoms with van der Waals surface area (Å²) in [4.78, 5) is 29.1. The van der Waals surface area contributed by atoms with E-state index < -0.39 is 0 Å². The molecule has 29 heavy (non-hydrogen) atoms. The van der Waals surface area contributed by atoms with E-state index in [4.69, 9.17) is 0 Å². The van der Waals surface area contributed by atoms with Crippen molar-refractivity contribution in [3.8, 4) is 0 Å². The number of nitrogens with zero attached hydrogens (tertiary/aromatic N) is 5. The summed E-state index contributed by atoms with van der Waals surface area (Å²) in [5.41, 5.74) is 3.16. The highest BCUT2D eigenvalue weighted by molar-refractivity contribution is 5.75. The van der Waals surface area contributed by atoms with E-state index >= 15 is 0 Å². The first-order valence-electron chi connectivity index (χ1n) is 10.7. The number of imidazole rings is 1. The summed E-state index contributed by atoms with van der Waals surface area (Å²) in [6.45, 7) is 4.10. The molecular weight excluding hydrogens is 364 g/mol. The number of fused-ring (bicyclic) bond motifs is 1. The van der Waals surface area contributed by atoms with Crippen LogP contribution in [0.25, 0.3) is 11.0 Å². The smallest absolute Gasteiger partial charge is 0.306 e. The van der Waals surface area contributed by atoms with E-state index in [-0.39, 0.29) is 11.7 Å². The van der Waals surface area contributed by atoms with Crippen LogP contribution in [0.15, 0.2) is 47.8 Å². The summed E-state index contributed by atoms with van der Waals surface area (Å²) < 4.78 is 1.98. The molecule has 4 heterocycles. The Morgan fingerprint density at radius 2 is 1.79 bits per heavy atom. The second kappa shape index (κ2) is 8.08. The zero-order valence-electron chi connectivity index (χ0n) is 16.7. The van der Waals surface area contributed by atoms with Crippen LogP contribution in [0.1, 0.15) is 43.7 Å². The minimum Gasteiger partial charge on any atom is -0.306 e. The summed E-state index contributed by atoms with van der Waals surface area (Å²) in [5, 5.41) is 0. The molecule has 152 valence electrons. The number of aromatic nitrogens is 4. The van der Waals surface area contributed by atoms with E-state index in [2.05, 4.69) is 24.8 Å². The zero-order valence-corrected chi connectivity index (χ0v) is 16.7. The first-order chi connectivity index (χ1) is 14.3. The van der Waals surface area contributed by atoms with E-state index in [9.17, 15) is 4.79 Å². The van der Waals surface area contributed by atoms with Gasteiger partial charge in [0.2, 0.25) is 0 Å². The van der Waals surface area contributed by atoms with Crippen LogP contribution in [0.4, 0.5) is 0 Å². The Bertz CT molecular complexity index is 1000. The van der Waals surface area contributed by atoms with Crippen molar-refractivity contribution in [2.24, 2.45) is 0 Å². The fourth-order valence-electron chi connectivity index (χ4n) is 5.10. The molecule has 0 radical (unpaired) electrons. The van der Waals surface area contributed by atoms with Crippen molar-refractivity contribution in [1.82, 2.24) is 29.3 Å². The van der Waals surface area contributed by atoms with Crippen molar-refractivity contribution in [2.45, 2.75) is 50.9 Å². The van der Waals surface area contributed by atoms with E-state index in [1.807, 2.05) is 41.2 Å². The molecule has 0 aliphatic carbocycles. The Kier molecular flexibility index (Phi) is 5.16. The molecule has 1 aromatic carbocycles. The third-order valence-corrected chi connectivity index (χ3v) is 6.49. The van der Waals surface area contributed by atoms with Crippen molar-refractivity contribution in [3.63, 3.8) is 0 Å². The largest absolute Gasteiger partial charge is 0.326 e. The van der Waals surface area contributed by atoms with E-state index in [0.717, 1.165) is 50.1 Å². The molecule has 7 nitrogen and oxygen atoms in total. The molecule has 0 bridgehead atoms. The van der Waals surface area contributed by atoms with Crippen LogP contribution in [0.2, 0.25) is 0 Å². The van der Waals surface area contributed by atoms with Gasteiger partial charge < -0.3 is 4.98 Å². The number of benzene rings is 1. The molecule has 2 aromatic heterocycles. The van der Waals surface area contributed by atoms with Gasteiger partial charge in [-0.15, -0.1) is 0 Å². The molecule has 1 N–H and O–H groups in total. The van der Waals surface area contributed by atoms with Gasteiger partial charge in [-0.2, -0.15) is 0 Å². The normalized spacial score (nSPS) is 22.3. The van der Waals surface area contributed by atoms with E-state index in [0.29, 0.717) is 6.17 Å². The Morgan fingerprint density at radius 3 is 2.62 bits per heavy atom. The lowest BCUT2D eigenvalue weighted by molar-refractivity contribution is -0.00940. The van der Waals surface area contributed by atoms with Gasteiger partial charge in [0.25, 0.3) is 0 Å². The lowest BCUT2D eigenvalue weighted by Crippen LogP contribution is -2.53. The quantitative estimate of drug-likeness (QED) is 0.739. The maximum atomic E-state index is 12.6. The van der Waals surface area contributed by atoms with Crippen LogP contribution in [-0.2, 0) is 6.54 Å². The van der Waals surface area contributed by atoms with Crippen LogP contribution >= 0.6 is 0 Å². The molecule has 5 rings (SSSR count). The van der Waals surface area contributed by atoms with Gasteiger partial charge >= 0.3 is 5.69 Å². The maximum Gasteiger partial charge on any atom is 0.326 e. The molecule has 2 fully saturated rings. The topological polar surface area (TPSA) is 70.1 Å². The van der Waals surface area contributed by atoms with Gasteiger partial charge in [0.1, 0.15) is 6.33 Å². The second-order valence-corrected chi connectivity index (χ2v) is 8.28. The number of para-hydroxylation sites is 2. The minimum absolute atomic E-state index is 0.0213. The number of H-pyrrole nitrogens is 1. The summed E-state index contributed by atoms with van der Waals surface area (Å²) in [6, 6.07) is 8.28. The van der Waals surface area contributed by atoms with Crippen LogP contribution in [0, 0.1) is 0 Å². The van der Waals surface area contributed by atoms with Gasteiger partial charge in [-0.25, -0.2) is 14.8 Å². The molecule has 0 amide bonds. The van der Waals surface area contributed by atoms with Gasteiger partial charge in [-0.05, 0) is 50.8 Å². The standard InChI is InChI=1S/C22H28N6O/c29-22-25-19-5-1-2-6-20(19)28(22)18-8-11-26(12-9-18)21-7-3-4-10-27(21)15-17-13-23-16-24-14-17/h1-2,5-6,13-14,16,18,21H,3-4,7-12,15H2,(H,25,29). The molecule has 2 saturated heterocycles. The fourth-order valence-corrected chi connectivity index (χ4v) is 5.10. The summed E-state index contributed by atoms with van der Waals surface area (Å²) in [7, 11) is 0. The number of likely N-dealkylation sites (tertiary alicyclic amines) is 2. The Morgan fingerprint density at radius 1 is 1.00 bits per heavy atom. The lowest BCUT2D eigenvalue weighted by Gasteiger charge is -2.45. The fraction of sp³-hybridized carbons (Fsp3) is 0.500. The highest BCUT2D eigenvalue weighted by Gasteiger charge is 2.32. The number of nitrogens with one attached hydrogen (secondary N) is 1. The molecule has 3 aromatic rings. The molecule has 1 atom stereocenters. The first kappa shape index (κ1) is 18.5. The van der Waals surface area contributed by atoms with Crippen LogP contribution in [-0.4, -0.2) is 55.1 Å². The van der Waals surface area contributed by atoms with Crippen molar-refractivity contribution < 1.29 is 0 Å². The number of aromatic amines is 1. The molecular formula is C22H28N6O. The Labute approximate surface area is 170 Å². The Balaban J connectivity index is 1.29. The number of piperidine rings is 2. The predicted molar refractivity (Wildman–Crippen MR) is 112 cm³/mol. The maximum absolute atomic E-state index is 12.6. The lowest BCUT2D eigenvalue weighted by atomic mass is 10.00. The average Bonchev–Trinajstić information content (AvgIpc) is 3.11. The number of hydrogen-bond donors (Lipinski definition) is 1. The second-order valence-electron chi connectivity index (χ2n) is 8.28. The third kappa shape index (κ3) is 3.72. The van der Waals surface area contributed by atoms with Gasteiger partial charge in [0.15, 0.2) is 0 Å². The molecule has 0 spiro atoms. The third-order valence-electron chi connectivity index (χ3n) is 6.49. The first-order valence-corrected chi connectivity index (χ1v) is 10.7. The van der Waals surface area contributed by atoms with Crippen molar-refractivity contribution in [2.75, 3.05) is 19.6 Å². The van der Waals surface area contributed by atoms with Crippen molar-refractivity contribution in [3.05, 3.63) is 59.0 Å². The molecule has 1 unspecified atom stereocenters. The summed E-state index contributed by atoms with van der Waals surface area (Å²) >= 11 is 0. The minimum atomic E-state index is 0.0213. The van der Waals surface area contributed by atoms with Crippen LogP contribution in [0.3, 0.4) is 0 Å². The Hall–Kier alpha value is -2.51. The SMILES string of the molecule is O=c1[nH]c2ccccc2n1C1CCN(C2CCCCN2Cc2cncnc2)CC1. The van der Waals surface area contributed by atoms with Crippen LogP contribution in [0.5, 0.6) is 0 Å². The van der Waals surface area contributed by atoms with E-state index in [1.165, 1.54) is 24.8 Å². The van der Waals surface area contributed by atoms with Gasteiger partial charge in [-0.1, -0.05) is 12.1 Å². The van der Waals surface area contributed by atoms with Gasteiger partial charge in [0, 0.05) is 43.6 Å². The molecule has 2 aliphatic rings. The molecule has 0 saturated carbocycles. The number of rotatable bonds is 4.